The van der Waals surface area contributed by atoms with Crippen LogP contribution < -0.4 is 10.1 Å². The maximum absolute atomic E-state index is 11.2. The predicted octanol–water partition coefficient (Wildman–Crippen LogP) is 4.41. The summed E-state index contributed by atoms with van der Waals surface area (Å²) in [5.74, 6) is -0.259. The highest BCUT2D eigenvalue weighted by Gasteiger charge is 2.08. The minimum atomic E-state index is -0.953. The Balaban J connectivity index is 1.50. The van der Waals surface area contributed by atoms with E-state index in [0.29, 0.717) is 30.5 Å². The van der Waals surface area contributed by atoms with Crippen molar-refractivity contribution in [2.24, 2.45) is 0 Å². The van der Waals surface area contributed by atoms with E-state index in [2.05, 4.69) is 5.32 Å². The molecule has 3 aromatic carbocycles. The molecule has 0 saturated carbocycles. The molecule has 3 N–H and O–H groups in total. The van der Waals surface area contributed by atoms with Gasteiger partial charge < -0.3 is 20.3 Å². The first-order valence-corrected chi connectivity index (χ1v) is 9.61. The molecular weight excluding hydrogens is 390 g/mol. The molecular formula is C23H22ClNO4. The number of nitrogens with one attached hydrogen (secondary N) is 1. The van der Waals surface area contributed by atoms with Crippen LogP contribution in [0.5, 0.6) is 5.75 Å². The Labute approximate surface area is 174 Å². The first-order chi connectivity index (χ1) is 14.0. The summed E-state index contributed by atoms with van der Waals surface area (Å²) in [6.07, 6.45) is -0.640. The third-order valence-electron chi connectivity index (χ3n) is 4.40. The number of rotatable bonds is 9. The molecule has 3 rings (SSSR count). The van der Waals surface area contributed by atoms with Crippen LogP contribution >= 0.6 is 11.6 Å². The molecule has 0 fully saturated rings. The third-order valence-corrected chi connectivity index (χ3v) is 4.63. The maximum atomic E-state index is 11.2. The number of carbonyl (C=O) groups is 1. The van der Waals surface area contributed by atoms with E-state index in [9.17, 15) is 9.90 Å². The average Bonchev–Trinajstić information content (AvgIpc) is 2.73. The lowest BCUT2D eigenvalue weighted by molar-refractivity contribution is 0.0697. The van der Waals surface area contributed by atoms with E-state index in [-0.39, 0.29) is 5.56 Å². The van der Waals surface area contributed by atoms with Gasteiger partial charge in [-0.3, -0.25) is 0 Å². The van der Waals surface area contributed by atoms with Gasteiger partial charge in [-0.2, -0.15) is 0 Å². The number of ether oxygens (including phenoxy) is 1. The molecule has 1 unspecified atom stereocenters. The minimum Gasteiger partial charge on any atom is -0.492 e. The van der Waals surface area contributed by atoms with Gasteiger partial charge in [0.1, 0.15) is 12.4 Å². The minimum absolute atomic E-state index is 0.247. The topological polar surface area (TPSA) is 78.8 Å². The van der Waals surface area contributed by atoms with E-state index in [1.54, 1.807) is 30.3 Å². The summed E-state index contributed by atoms with van der Waals surface area (Å²) >= 11 is 5.94. The zero-order valence-electron chi connectivity index (χ0n) is 15.7. The number of benzene rings is 3. The van der Waals surface area contributed by atoms with Crippen LogP contribution in [0.25, 0.3) is 11.1 Å². The second kappa shape index (κ2) is 10.1. The fourth-order valence-corrected chi connectivity index (χ4v) is 3.11. The number of aromatic carboxylic acids is 1. The van der Waals surface area contributed by atoms with Gasteiger partial charge in [-0.05, 0) is 53.1 Å². The van der Waals surface area contributed by atoms with Gasteiger partial charge in [-0.1, -0.05) is 48.0 Å². The van der Waals surface area contributed by atoms with Crippen LogP contribution in [0.4, 0.5) is 0 Å². The second-order valence-corrected chi connectivity index (χ2v) is 6.97. The van der Waals surface area contributed by atoms with Crippen molar-refractivity contribution in [3.8, 4) is 16.9 Å². The van der Waals surface area contributed by atoms with Gasteiger partial charge in [-0.25, -0.2) is 4.79 Å². The molecule has 0 heterocycles. The van der Waals surface area contributed by atoms with Crippen molar-refractivity contribution in [3.05, 3.63) is 88.9 Å². The largest absolute Gasteiger partial charge is 0.492 e. The van der Waals surface area contributed by atoms with E-state index in [1.165, 1.54) is 0 Å². The molecule has 29 heavy (non-hydrogen) atoms. The zero-order valence-corrected chi connectivity index (χ0v) is 16.5. The first kappa shape index (κ1) is 20.9. The Morgan fingerprint density at radius 1 is 1.00 bits per heavy atom. The average molecular weight is 412 g/mol. The van der Waals surface area contributed by atoms with Gasteiger partial charge in [0.15, 0.2) is 0 Å². The monoisotopic (exact) mass is 411 g/mol. The van der Waals surface area contributed by atoms with Crippen LogP contribution in [0.1, 0.15) is 22.0 Å². The van der Waals surface area contributed by atoms with Crippen molar-refractivity contribution in [1.29, 1.82) is 0 Å². The lowest BCUT2D eigenvalue weighted by atomic mass is 10.0. The fraction of sp³-hybridized carbons (Fsp3) is 0.174. The summed E-state index contributed by atoms with van der Waals surface area (Å²) in [4.78, 5) is 11.2. The Morgan fingerprint density at radius 3 is 2.48 bits per heavy atom. The van der Waals surface area contributed by atoms with Gasteiger partial charge in [0.05, 0.1) is 11.7 Å². The van der Waals surface area contributed by atoms with Gasteiger partial charge >= 0.3 is 5.97 Å². The van der Waals surface area contributed by atoms with Crippen LogP contribution in [-0.4, -0.2) is 35.9 Å². The number of carboxylic acid groups (broad SMARTS) is 1. The molecule has 0 aromatic heterocycles. The fourth-order valence-electron chi connectivity index (χ4n) is 2.91. The summed E-state index contributed by atoms with van der Waals surface area (Å²) in [7, 11) is 0. The van der Waals surface area contributed by atoms with Crippen molar-refractivity contribution < 1.29 is 19.7 Å². The van der Waals surface area contributed by atoms with Crippen molar-refractivity contribution in [2.45, 2.75) is 6.10 Å². The van der Waals surface area contributed by atoms with Crippen molar-refractivity contribution in [3.63, 3.8) is 0 Å². The van der Waals surface area contributed by atoms with Crippen LogP contribution in [-0.2, 0) is 0 Å². The van der Waals surface area contributed by atoms with Gasteiger partial charge in [0, 0.05) is 18.1 Å². The summed E-state index contributed by atoms with van der Waals surface area (Å²) in [5.41, 5.74) is 2.71. The molecule has 0 aliphatic carbocycles. The molecule has 5 nitrogen and oxygen atoms in total. The van der Waals surface area contributed by atoms with Crippen LogP contribution in [0.2, 0.25) is 5.02 Å². The Bertz CT molecular complexity index is 976. The van der Waals surface area contributed by atoms with Gasteiger partial charge in [0.2, 0.25) is 0 Å². The molecule has 3 aromatic rings. The van der Waals surface area contributed by atoms with E-state index >= 15 is 0 Å². The first-order valence-electron chi connectivity index (χ1n) is 9.24. The molecule has 6 heteroatoms. The maximum Gasteiger partial charge on any atom is 0.335 e. The van der Waals surface area contributed by atoms with Crippen LogP contribution in [0, 0.1) is 0 Å². The SMILES string of the molecule is O=C(O)c1cccc(-c2cccc(OCCNCC(O)c3cccc(Cl)c3)c2)c1. The van der Waals surface area contributed by atoms with E-state index in [4.69, 9.17) is 21.4 Å². The Morgan fingerprint density at radius 2 is 1.72 bits per heavy atom. The molecule has 1 atom stereocenters. The highest BCUT2D eigenvalue weighted by Crippen LogP contribution is 2.24. The lowest BCUT2D eigenvalue weighted by Crippen LogP contribution is -2.26. The van der Waals surface area contributed by atoms with Crippen molar-refractivity contribution in [1.82, 2.24) is 5.32 Å². The van der Waals surface area contributed by atoms with Crippen LogP contribution in [0.3, 0.4) is 0 Å². The number of aliphatic hydroxyl groups is 1. The lowest BCUT2D eigenvalue weighted by Gasteiger charge is -2.13. The summed E-state index contributed by atoms with van der Waals surface area (Å²) in [6, 6.07) is 21.5. The van der Waals surface area contributed by atoms with Crippen molar-refractivity contribution >= 4 is 17.6 Å². The van der Waals surface area contributed by atoms with Gasteiger partial charge in [-0.15, -0.1) is 0 Å². The molecule has 0 radical (unpaired) electrons. The molecule has 0 bridgehead atoms. The smallest absolute Gasteiger partial charge is 0.335 e. The second-order valence-electron chi connectivity index (χ2n) is 6.54. The quantitative estimate of drug-likeness (QED) is 0.454. The molecule has 0 aliphatic rings. The third kappa shape index (κ3) is 6.06. The summed E-state index contributed by atoms with van der Waals surface area (Å²) < 4.78 is 5.77. The van der Waals surface area contributed by atoms with Gasteiger partial charge in [0.25, 0.3) is 0 Å². The Hall–Kier alpha value is -2.86. The zero-order chi connectivity index (χ0) is 20.6. The number of aliphatic hydroxyl groups excluding tert-OH is 1. The summed E-state index contributed by atoms with van der Waals surface area (Å²) in [5, 5.41) is 23.1. The summed E-state index contributed by atoms with van der Waals surface area (Å²) in [6.45, 7) is 1.39. The number of hydrogen-bond donors (Lipinski definition) is 3. The molecule has 0 spiro atoms. The highest BCUT2D eigenvalue weighted by molar-refractivity contribution is 6.30. The molecule has 0 amide bonds. The van der Waals surface area contributed by atoms with Crippen molar-refractivity contribution in [2.75, 3.05) is 19.7 Å². The number of hydrogen-bond acceptors (Lipinski definition) is 4. The van der Waals surface area contributed by atoms with Crippen LogP contribution in [0.15, 0.2) is 72.8 Å². The normalized spacial score (nSPS) is 11.8. The highest BCUT2D eigenvalue weighted by atomic mass is 35.5. The molecule has 0 aliphatic heterocycles. The predicted molar refractivity (Wildman–Crippen MR) is 114 cm³/mol. The van der Waals surface area contributed by atoms with E-state index in [0.717, 1.165) is 16.7 Å². The Kier molecular flexibility index (Phi) is 7.25. The standard InChI is InChI=1S/C23H22ClNO4/c24-20-8-2-6-18(13-20)22(26)15-25-10-11-29-21-9-3-5-17(14-21)16-4-1-7-19(12-16)23(27)28/h1-9,12-14,22,25-26H,10-11,15H2,(H,27,28). The molecule has 0 saturated heterocycles. The number of carboxylic acids is 1. The van der Waals surface area contributed by atoms with E-state index < -0.39 is 12.1 Å². The van der Waals surface area contributed by atoms with E-state index in [1.807, 2.05) is 42.5 Å². The molecule has 150 valence electrons. The number of halogens is 1.